The Balaban J connectivity index is 2.29. The first-order chi connectivity index (χ1) is 9.80. The average Bonchev–Trinajstić information content (AvgIpc) is 2.37. The van der Waals surface area contributed by atoms with Crippen LogP contribution in [0.2, 0.25) is 16.4 Å². The van der Waals surface area contributed by atoms with Crippen molar-refractivity contribution >= 4 is 30.3 Å². The zero-order valence-corrected chi connectivity index (χ0v) is 13.7. The first-order valence-corrected chi connectivity index (χ1v) is 7.79. The zero-order chi connectivity index (χ0) is 15.9. The summed E-state index contributed by atoms with van der Waals surface area (Å²) in [4.78, 5) is 0. The summed E-state index contributed by atoms with van der Waals surface area (Å²) in [6.45, 7) is 2.44. The molecule has 1 rings (SSSR count). The Morgan fingerprint density at radius 2 is 1.95 bits per heavy atom. The summed E-state index contributed by atoms with van der Waals surface area (Å²) in [5.74, 6) is 0.597. The maximum absolute atomic E-state index is 8.78. The number of ether oxygens (including phenoxy) is 1. The van der Waals surface area contributed by atoms with Crippen molar-refractivity contribution in [3.05, 3.63) is 28.2 Å². The van der Waals surface area contributed by atoms with E-state index in [0.717, 1.165) is 19.3 Å². The predicted molar refractivity (Wildman–Crippen MR) is 88.0 cm³/mol. The van der Waals surface area contributed by atoms with Gasteiger partial charge in [-0.15, -0.1) is 0 Å². The summed E-state index contributed by atoms with van der Waals surface area (Å²) in [6.07, 6.45) is 3.47. The molecule has 0 amide bonds. The SMILES string of the molecule is CC(N)(CCCCB(O)O)CCOc1ccc(Cl)cc1Cl. The second kappa shape index (κ2) is 8.86. The van der Waals surface area contributed by atoms with Crippen LogP contribution in [0.4, 0.5) is 0 Å². The lowest BCUT2D eigenvalue weighted by Gasteiger charge is -2.24. The van der Waals surface area contributed by atoms with Gasteiger partial charge in [-0.2, -0.15) is 0 Å². The van der Waals surface area contributed by atoms with Gasteiger partial charge in [0.2, 0.25) is 0 Å². The highest BCUT2D eigenvalue weighted by molar-refractivity contribution is 6.40. The quantitative estimate of drug-likeness (QED) is 0.479. The molecule has 0 aliphatic carbocycles. The van der Waals surface area contributed by atoms with E-state index in [0.29, 0.717) is 35.1 Å². The van der Waals surface area contributed by atoms with E-state index in [-0.39, 0.29) is 5.54 Å². The second-order valence-corrected chi connectivity index (χ2v) is 6.40. The van der Waals surface area contributed by atoms with Crippen LogP contribution in [-0.2, 0) is 0 Å². The van der Waals surface area contributed by atoms with Gasteiger partial charge >= 0.3 is 7.12 Å². The molecule has 1 aromatic rings. The number of halogens is 2. The van der Waals surface area contributed by atoms with Gasteiger partial charge in [-0.25, -0.2) is 0 Å². The highest BCUT2D eigenvalue weighted by atomic mass is 35.5. The largest absolute Gasteiger partial charge is 0.492 e. The van der Waals surface area contributed by atoms with E-state index in [2.05, 4.69) is 0 Å². The minimum Gasteiger partial charge on any atom is -0.492 e. The monoisotopic (exact) mass is 333 g/mol. The van der Waals surface area contributed by atoms with Crippen LogP contribution in [0.1, 0.15) is 32.6 Å². The number of hydrogen-bond donors (Lipinski definition) is 3. The van der Waals surface area contributed by atoms with Crippen LogP contribution in [0.15, 0.2) is 18.2 Å². The zero-order valence-electron chi connectivity index (χ0n) is 12.2. The summed E-state index contributed by atoms with van der Waals surface area (Å²) in [5.41, 5.74) is 5.85. The van der Waals surface area contributed by atoms with Crippen molar-refractivity contribution in [3.8, 4) is 5.75 Å². The molecule has 21 heavy (non-hydrogen) atoms. The third-order valence-electron chi connectivity index (χ3n) is 3.28. The lowest BCUT2D eigenvalue weighted by atomic mass is 9.82. The maximum atomic E-state index is 8.78. The van der Waals surface area contributed by atoms with Crippen molar-refractivity contribution < 1.29 is 14.8 Å². The molecule has 0 saturated carbocycles. The molecular formula is C14H22BCl2NO3. The van der Waals surface area contributed by atoms with E-state index in [4.69, 9.17) is 43.7 Å². The van der Waals surface area contributed by atoms with Crippen LogP contribution in [0.25, 0.3) is 0 Å². The maximum Gasteiger partial charge on any atom is 0.451 e. The van der Waals surface area contributed by atoms with Gasteiger partial charge in [-0.1, -0.05) is 36.0 Å². The standard InChI is InChI=1S/C14H22BCl2NO3/c1-14(18,6-2-3-8-15(19)20)7-9-21-13-5-4-11(16)10-12(13)17/h4-5,10,19-20H,2-3,6-9,18H2,1H3. The Hall–Kier alpha value is -0.455. The number of unbranched alkanes of at least 4 members (excludes halogenated alkanes) is 1. The van der Waals surface area contributed by atoms with E-state index in [1.54, 1.807) is 18.2 Å². The summed E-state index contributed by atoms with van der Waals surface area (Å²) in [6, 6.07) is 5.10. The number of hydrogen-bond acceptors (Lipinski definition) is 4. The Bertz CT molecular complexity index is 444. The van der Waals surface area contributed by atoms with Gasteiger partial charge in [-0.05, 0) is 44.3 Å². The van der Waals surface area contributed by atoms with E-state index in [1.165, 1.54) is 0 Å². The average molecular weight is 334 g/mol. The molecule has 0 bridgehead atoms. The Morgan fingerprint density at radius 1 is 1.24 bits per heavy atom. The molecule has 1 aromatic carbocycles. The molecule has 0 aliphatic rings. The number of benzene rings is 1. The molecule has 0 saturated heterocycles. The van der Waals surface area contributed by atoms with Crippen LogP contribution < -0.4 is 10.5 Å². The minimum atomic E-state index is -1.23. The molecule has 0 aromatic heterocycles. The molecule has 0 spiro atoms. The molecule has 0 heterocycles. The summed E-state index contributed by atoms with van der Waals surface area (Å²) < 4.78 is 5.62. The van der Waals surface area contributed by atoms with Crippen molar-refractivity contribution in [3.63, 3.8) is 0 Å². The highest BCUT2D eigenvalue weighted by Gasteiger charge is 2.18. The van der Waals surface area contributed by atoms with E-state index >= 15 is 0 Å². The van der Waals surface area contributed by atoms with E-state index < -0.39 is 7.12 Å². The number of rotatable bonds is 9. The first kappa shape index (κ1) is 18.6. The predicted octanol–water partition coefficient (Wildman–Crippen LogP) is 3.12. The molecular weight excluding hydrogens is 312 g/mol. The van der Waals surface area contributed by atoms with Crippen LogP contribution in [0.3, 0.4) is 0 Å². The van der Waals surface area contributed by atoms with Crippen molar-refractivity contribution in [2.45, 2.75) is 44.5 Å². The second-order valence-electron chi connectivity index (χ2n) is 5.55. The summed E-state index contributed by atoms with van der Waals surface area (Å²) in [5, 5.41) is 18.6. The minimum absolute atomic E-state index is 0.348. The fourth-order valence-corrected chi connectivity index (χ4v) is 2.43. The van der Waals surface area contributed by atoms with Crippen LogP contribution in [0, 0.1) is 0 Å². The third-order valence-corrected chi connectivity index (χ3v) is 3.82. The lowest BCUT2D eigenvalue weighted by molar-refractivity contribution is 0.256. The Kier molecular flexibility index (Phi) is 7.84. The summed E-state index contributed by atoms with van der Waals surface area (Å²) >= 11 is 11.8. The van der Waals surface area contributed by atoms with Crippen LogP contribution in [0.5, 0.6) is 5.75 Å². The molecule has 4 nitrogen and oxygen atoms in total. The smallest absolute Gasteiger partial charge is 0.451 e. The first-order valence-electron chi connectivity index (χ1n) is 7.03. The van der Waals surface area contributed by atoms with Gasteiger partial charge in [0, 0.05) is 10.6 Å². The normalized spacial score (nSPS) is 13.8. The molecule has 4 N–H and O–H groups in total. The molecule has 0 aliphatic heterocycles. The van der Waals surface area contributed by atoms with Gasteiger partial charge in [0.05, 0.1) is 11.6 Å². The number of nitrogens with two attached hydrogens (primary N) is 1. The van der Waals surface area contributed by atoms with Gasteiger partial charge in [-0.3, -0.25) is 0 Å². The van der Waals surface area contributed by atoms with Crippen molar-refractivity contribution in [2.24, 2.45) is 5.73 Å². The fourth-order valence-electron chi connectivity index (χ4n) is 1.97. The topological polar surface area (TPSA) is 75.7 Å². The van der Waals surface area contributed by atoms with Gasteiger partial charge in [0.1, 0.15) is 5.75 Å². The highest BCUT2D eigenvalue weighted by Crippen LogP contribution is 2.28. The molecule has 0 radical (unpaired) electrons. The molecule has 0 fully saturated rings. The van der Waals surface area contributed by atoms with Crippen molar-refractivity contribution in [1.82, 2.24) is 0 Å². The third kappa shape index (κ3) is 7.93. The lowest BCUT2D eigenvalue weighted by Crippen LogP contribution is -2.37. The molecule has 1 atom stereocenters. The van der Waals surface area contributed by atoms with E-state index in [1.807, 2.05) is 6.92 Å². The van der Waals surface area contributed by atoms with Gasteiger partial charge < -0.3 is 20.5 Å². The molecule has 1 unspecified atom stereocenters. The molecule has 118 valence electrons. The molecule has 7 heteroatoms. The Labute approximate surface area is 136 Å². The van der Waals surface area contributed by atoms with Crippen LogP contribution >= 0.6 is 23.2 Å². The van der Waals surface area contributed by atoms with E-state index in [9.17, 15) is 0 Å². The van der Waals surface area contributed by atoms with Crippen molar-refractivity contribution in [2.75, 3.05) is 6.61 Å². The van der Waals surface area contributed by atoms with Gasteiger partial charge in [0.15, 0.2) is 0 Å². The van der Waals surface area contributed by atoms with Crippen molar-refractivity contribution in [1.29, 1.82) is 0 Å². The fraction of sp³-hybridized carbons (Fsp3) is 0.571. The van der Waals surface area contributed by atoms with Gasteiger partial charge in [0.25, 0.3) is 0 Å². The van der Waals surface area contributed by atoms with Crippen LogP contribution in [-0.4, -0.2) is 29.3 Å². The summed E-state index contributed by atoms with van der Waals surface area (Å²) in [7, 11) is -1.23. The Morgan fingerprint density at radius 3 is 2.57 bits per heavy atom.